The average molecular weight is 232 g/mol. The lowest BCUT2D eigenvalue weighted by Crippen LogP contribution is -2.32. The summed E-state index contributed by atoms with van der Waals surface area (Å²) in [4.78, 5) is 3.45. The summed E-state index contributed by atoms with van der Waals surface area (Å²) in [6.45, 7) is 5.39. The van der Waals surface area contributed by atoms with E-state index in [0.29, 0.717) is 12.0 Å². The van der Waals surface area contributed by atoms with E-state index in [9.17, 15) is 4.39 Å². The molecule has 0 radical (unpaired) electrons. The van der Waals surface area contributed by atoms with E-state index >= 15 is 0 Å². The zero-order valence-corrected chi connectivity index (χ0v) is 10.2. The van der Waals surface area contributed by atoms with Gasteiger partial charge in [0, 0.05) is 22.6 Å². The molecule has 1 aliphatic rings. The molecule has 3 heteroatoms. The van der Waals surface area contributed by atoms with Crippen molar-refractivity contribution in [3.05, 3.63) is 35.3 Å². The third-order valence-corrected chi connectivity index (χ3v) is 3.62. The summed E-state index contributed by atoms with van der Waals surface area (Å²) in [5, 5.41) is 4.57. The van der Waals surface area contributed by atoms with Crippen LogP contribution in [0.25, 0.3) is 10.9 Å². The van der Waals surface area contributed by atoms with Crippen LogP contribution in [0.5, 0.6) is 0 Å². The van der Waals surface area contributed by atoms with Crippen LogP contribution in [0.15, 0.2) is 18.2 Å². The van der Waals surface area contributed by atoms with Crippen molar-refractivity contribution in [2.45, 2.75) is 26.3 Å². The van der Waals surface area contributed by atoms with Crippen LogP contribution in [-0.2, 0) is 6.42 Å². The summed E-state index contributed by atoms with van der Waals surface area (Å²) >= 11 is 0. The van der Waals surface area contributed by atoms with Gasteiger partial charge in [0.15, 0.2) is 0 Å². The van der Waals surface area contributed by atoms with Crippen LogP contribution in [0.2, 0.25) is 0 Å². The van der Waals surface area contributed by atoms with Crippen molar-refractivity contribution in [3.63, 3.8) is 0 Å². The van der Waals surface area contributed by atoms with Crippen molar-refractivity contribution in [2.24, 2.45) is 5.92 Å². The van der Waals surface area contributed by atoms with Gasteiger partial charge in [-0.3, -0.25) is 0 Å². The average Bonchev–Trinajstić information content (AvgIpc) is 2.66. The molecule has 17 heavy (non-hydrogen) atoms. The molecule has 2 aromatic rings. The molecule has 2 nitrogen and oxygen atoms in total. The zero-order chi connectivity index (χ0) is 12.0. The van der Waals surface area contributed by atoms with Gasteiger partial charge in [0.1, 0.15) is 5.82 Å². The standard InChI is InChI=1S/C14H17FN2/c1-8(2)13-14-10(5-6-16-13)11-7-9(15)3-4-12(11)17-14/h3-4,7-8,13,16-17H,5-6H2,1-2H3. The maximum Gasteiger partial charge on any atom is 0.123 e. The van der Waals surface area contributed by atoms with Crippen molar-refractivity contribution in [2.75, 3.05) is 6.54 Å². The lowest BCUT2D eigenvalue weighted by Gasteiger charge is -2.27. The van der Waals surface area contributed by atoms with E-state index in [1.807, 2.05) is 6.07 Å². The Hall–Kier alpha value is -1.35. The van der Waals surface area contributed by atoms with Gasteiger partial charge in [0.05, 0.1) is 0 Å². The highest BCUT2D eigenvalue weighted by atomic mass is 19.1. The third-order valence-electron chi connectivity index (χ3n) is 3.62. The van der Waals surface area contributed by atoms with Crippen LogP contribution in [0.3, 0.4) is 0 Å². The Labute approximate surface area is 100 Å². The Bertz CT molecular complexity index is 557. The van der Waals surface area contributed by atoms with Gasteiger partial charge in [-0.1, -0.05) is 13.8 Å². The topological polar surface area (TPSA) is 27.8 Å². The smallest absolute Gasteiger partial charge is 0.123 e. The second-order valence-electron chi connectivity index (χ2n) is 5.13. The predicted octanol–water partition coefficient (Wildman–Crippen LogP) is 3.15. The molecule has 0 fully saturated rings. The van der Waals surface area contributed by atoms with Crippen LogP contribution < -0.4 is 5.32 Å². The SMILES string of the molecule is CC(C)C1NCCc2c1[nH]c1ccc(F)cc21. The quantitative estimate of drug-likeness (QED) is 0.776. The fourth-order valence-corrected chi connectivity index (χ4v) is 2.80. The summed E-state index contributed by atoms with van der Waals surface area (Å²) in [6, 6.07) is 5.35. The van der Waals surface area contributed by atoms with Gasteiger partial charge in [0.2, 0.25) is 0 Å². The van der Waals surface area contributed by atoms with Crippen LogP contribution in [-0.4, -0.2) is 11.5 Å². The second-order valence-corrected chi connectivity index (χ2v) is 5.13. The van der Waals surface area contributed by atoms with E-state index in [-0.39, 0.29) is 5.82 Å². The number of H-pyrrole nitrogens is 1. The summed E-state index contributed by atoms with van der Waals surface area (Å²) < 4.78 is 13.3. The van der Waals surface area contributed by atoms with Crippen LogP contribution in [0.4, 0.5) is 4.39 Å². The normalized spacial score (nSPS) is 19.9. The maximum atomic E-state index is 13.3. The summed E-state index contributed by atoms with van der Waals surface area (Å²) in [6.07, 6.45) is 0.974. The molecule has 0 bridgehead atoms. The van der Waals surface area contributed by atoms with E-state index in [2.05, 4.69) is 24.1 Å². The van der Waals surface area contributed by atoms with Crippen molar-refractivity contribution >= 4 is 10.9 Å². The molecule has 1 aromatic heterocycles. The number of aromatic amines is 1. The van der Waals surface area contributed by atoms with Gasteiger partial charge in [-0.05, 0) is 42.6 Å². The fourth-order valence-electron chi connectivity index (χ4n) is 2.80. The number of rotatable bonds is 1. The minimum absolute atomic E-state index is 0.154. The highest BCUT2D eigenvalue weighted by Crippen LogP contribution is 2.33. The number of hydrogen-bond acceptors (Lipinski definition) is 1. The van der Waals surface area contributed by atoms with Crippen molar-refractivity contribution < 1.29 is 4.39 Å². The molecule has 1 aliphatic heterocycles. The number of halogens is 1. The maximum absolute atomic E-state index is 13.3. The molecule has 0 saturated carbocycles. The highest BCUT2D eigenvalue weighted by molar-refractivity contribution is 5.85. The summed E-state index contributed by atoms with van der Waals surface area (Å²) in [5.74, 6) is 0.380. The lowest BCUT2D eigenvalue weighted by molar-refractivity contribution is 0.389. The molecule has 1 aromatic carbocycles. The monoisotopic (exact) mass is 232 g/mol. The minimum Gasteiger partial charge on any atom is -0.357 e. The molecule has 3 rings (SSSR count). The van der Waals surface area contributed by atoms with Gasteiger partial charge >= 0.3 is 0 Å². The largest absolute Gasteiger partial charge is 0.357 e. The summed E-state index contributed by atoms with van der Waals surface area (Å²) in [5.41, 5.74) is 3.58. The Morgan fingerprint density at radius 3 is 2.94 bits per heavy atom. The molecule has 90 valence electrons. The molecule has 1 unspecified atom stereocenters. The van der Waals surface area contributed by atoms with E-state index in [1.54, 1.807) is 6.07 Å². The van der Waals surface area contributed by atoms with Gasteiger partial charge in [-0.2, -0.15) is 0 Å². The van der Waals surface area contributed by atoms with E-state index < -0.39 is 0 Å². The molecule has 0 aliphatic carbocycles. The first-order valence-corrected chi connectivity index (χ1v) is 6.20. The first kappa shape index (κ1) is 10.8. The van der Waals surface area contributed by atoms with Gasteiger partial charge < -0.3 is 10.3 Å². The molecule has 1 atom stereocenters. The molecule has 0 saturated heterocycles. The highest BCUT2D eigenvalue weighted by Gasteiger charge is 2.25. The van der Waals surface area contributed by atoms with Gasteiger partial charge in [-0.25, -0.2) is 4.39 Å². The first-order chi connectivity index (χ1) is 8.16. The first-order valence-electron chi connectivity index (χ1n) is 6.20. The van der Waals surface area contributed by atoms with Crippen LogP contribution >= 0.6 is 0 Å². The Morgan fingerprint density at radius 2 is 2.18 bits per heavy atom. The predicted molar refractivity (Wildman–Crippen MR) is 67.5 cm³/mol. The number of hydrogen-bond donors (Lipinski definition) is 2. The van der Waals surface area contributed by atoms with Gasteiger partial charge in [-0.15, -0.1) is 0 Å². The summed E-state index contributed by atoms with van der Waals surface area (Å²) in [7, 11) is 0. The Kier molecular flexibility index (Phi) is 2.44. The van der Waals surface area contributed by atoms with Crippen LogP contribution in [0.1, 0.15) is 31.1 Å². The zero-order valence-electron chi connectivity index (χ0n) is 10.2. The molecular formula is C14H17FN2. The van der Waals surface area contributed by atoms with Crippen molar-refractivity contribution in [3.8, 4) is 0 Å². The van der Waals surface area contributed by atoms with E-state index in [4.69, 9.17) is 0 Å². The second kappa shape index (κ2) is 3.84. The van der Waals surface area contributed by atoms with Gasteiger partial charge in [0.25, 0.3) is 0 Å². The number of fused-ring (bicyclic) bond motifs is 3. The van der Waals surface area contributed by atoms with E-state index in [0.717, 1.165) is 23.9 Å². The van der Waals surface area contributed by atoms with Crippen LogP contribution in [0, 0.1) is 11.7 Å². The van der Waals surface area contributed by atoms with Crippen molar-refractivity contribution in [1.82, 2.24) is 10.3 Å². The molecule has 2 N–H and O–H groups in total. The minimum atomic E-state index is -0.154. The molecule has 0 spiro atoms. The molecular weight excluding hydrogens is 215 g/mol. The Balaban J connectivity index is 2.22. The number of nitrogens with one attached hydrogen (secondary N) is 2. The number of benzene rings is 1. The van der Waals surface area contributed by atoms with E-state index in [1.165, 1.54) is 17.3 Å². The molecule has 0 amide bonds. The Morgan fingerprint density at radius 1 is 1.35 bits per heavy atom. The van der Waals surface area contributed by atoms with Crippen molar-refractivity contribution in [1.29, 1.82) is 0 Å². The lowest BCUT2D eigenvalue weighted by atomic mass is 9.92. The third kappa shape index (κ3) is 1.65. The number of aromatic nitrogens is 1. The fraction of sp³-hybridized carbons (Fsp3) is 0.429. The molecule has 2 heterocycles.